The summed E-state index contributed by atoms with van der Waals surface area (Å²) in [7, 11) is 0. The Hall–Kier alpha value is -3.62. The molecule has 0 bridgehead atoms. The fourth-order valence-corrected chi connectivity index (χ4v) is 2.61. The van der Waals surface area contributed by atoms with Gasteiger partial charge in [-0.2, -0.15) is 10.1 Å². The molecule has 0 aromatic carbocycles. The number of hydrogen-bond acceptors (Lipinski definition) is 7. The molecule has 26 heavy (non-hydrogen) atoms. The summed E-state index contributed by atoms with van der Waals surface area (Å²) in [6, 6.07) is 5.56. The van der Waals surface area contributed by atoms with Gasteiger partial charge in [0.05, 0.1) is 11.8 Å². The van der Waals surface area contributed by atoms with Gasteiger partial charge in [0, 0.05) is 30.3 Å². The third-order valence-corrected chi connectivity index (χ3v) is 3.84. The maximum atomic E-state index is 12.2. The minimum atomic E-state index is -0.447. The van der Waals surface area contributed by atoms with E-state index < -0.39 is 5.91 Å². The van der Waals surface area contributed by atoms with E-state index in [1.54, 1.807) is 23.1 Å². The Morgan fingerprint density at radius 2 is 2.04 bits per heavy atom. The molecule has 0 saturated heterocycles. The number of nitrogens with zero attached hydrogens (tertiary/aromatic N) is 6. The maximum absolute atomic E-state index is 12.2. The number of pyridine rings is 1. The minimum absolute atomic E-state index is 0.113. The molecule has 0 unspecified atom stereocenters. The third-order valence-electron chi connectivity index (χ3n) is 3.84. The lowest BCUT2D eigenvalue weighted by molar-refractivity contribution is 0.0907. The van der Waals surface area contributed by atoms with Crippen LogP contribution in [0.5, 0.6) is 0 Å². The second-order valence-electron chi connectivity index (χ2n) is 5.79. The molecule has 1 amide bonds. The summed E-state index contributed by atoms with van der Waals surface area (Å²) in [5.41, 5.74) is 3.94. The Bertz CT molecular complexity index is 1090. The number of aryl methyl sites for hydroxylation is 2. The van der Waals surface area contributed by atoms with Gasteiger partial charge in [0.25, 0.3) is 0 Å². The lowest BCUT2D eigenvalue weighted by Crippen LogP contribution is -2.23. The Morgan fingerprint density at radius 1 is 1.23 bits per heavy atom. The van der Waals surface area contributed by atoms with Crippen LogP contribution in [0.15, 0.2) is 41.3 Å². The molecule has 0 spiro atoms. The summed E-state index contributed by atoms with van der Waals surface area (Å²) in [5.74, 6) is -0.290. The molecule has 0 aliphatic carbocycles. The van der Waals surface area contributed by atoms with Crippen molar-refractivity contribution in [3.8, 4) is 11.4 Å². The summed E-state index contributed by atoms with van der Waals surface area (Å²) in [5, 5.41) is 10.9. The fourth-order valence-electron chi connectivity index (χ4n) is 2.61. The first kappa shape index (κ1) is 15.9. The Balaban J connectivity index is 1.57. The Labute approximate surface area is 148 Å². The molecule has 0 atom stereocenters. The summed E-state index contributed by atoms with van der Waals surface area (Å²) in [6.07, 6.45) is 4.93. The van der Waals surface area contributed by atoms with Gasteiger partial charge in [-0.3, -0.25) is 9.78 Å². The van der Waals surface area contributed by atoms with Crippen LogP contribution in [0.25, 0.3) is 17.0 Å². The number of nitrogens with one attached hydrogen (secondary N) is 1. The molecule has 4 rings (SSSR count). The molecule has 0 radical (unpaired) electrons. The highest BCUT2D eigenvalue weighted by molar-refractivity contribution is 5.90. The molecule has 0 aliphatic heterocycles. The van der Waals surface area contributed by atoms with E-state index >= 15 is 0 Å². The summed E-state index contributed by atoms with van der Waals surface area (Å²) < 4.78 is 6.79. The van der Waals surface area contributed by atoms with E-state index in [-0.39, 0.29) is 11.7 Å². The highest BCUT2D eigenvalue weighted by Crippen LogP contribution is 2.21. The van der Waals surface area contributed by atoms with Crippen LogP contribution in [0.1, 0.15) is 27.6 Å². The second-order valence-corrected chi connectivity index (χ2v) is 5.79. The fraction of sp³-hybridized carbons (Fsp3) is 0.176. The lowest BCUT2D eigenvalue weighted by Gasteiger charge is -2.01. The van der Waals surface area contributed by atoms with E-state index in [1.165, 1.54) is 0 Å². The minimum Gasteiger partial charge on any atom is -0.344 e. The van der Waals surface area contributed by atoms with Gasteiger partial charge in [-0.1, -0.05) is 5.16 Å². The lowest BCUT2D eigenvalue weighted by atomic mass is 10.3. The largest absolute Gasteiger partial charge is 0.344 e. The van der Waals surface area contributed by atoms with Crippen LogP contribution in [0.4, 0.5) is 0 Å². The number of carbonyl (C=O) groups excluding carboxylic acids is 1. The van der Waals surface area contributed by atoms with Crippen LogP contribution in [0.3, 0.4) is 0 Å². The first-order valence-electron chi connectivity index (χ1n) is 7.95. The number of hydrogen-bond donors (Lipinski definition) is 1. The van der Waals surface area contributed by atoms with Crippen molar-refractivity contribution < 1.29 is 9.32 Å². The van der Waals surface area contributed by atoms with Gasteiger partial charge in [-0.05, 0) is 37.6 Å². The first-order chi connectivity index (χ1) is 12.6. The van der Waals surface area contributed by atoms with Crippen molar-refractivity contribution in [3.63, 3.8) is 0 Å². The van der Waals surface area contributed by atoms with Crippen molar-refractivity contribution in [1.29, 1.82) is 0 Å². The average Bonchev–Trinajstić information content (AvgIpc) is 3.27. The van der Waals surface area contributed by atoms with Gasteiger partial charge in [0.1, 0.15) is 0 Å². The topological polar surface area (TPSA) is 111 Å². The molecule has 1 N–H and O–H groups in total. The quantitative estimate of drug-likeness (QED) is 0.597. The van der Waals surface area contributed by atoms with Gasteiger partial charge in [-0.15, -0.1) is 0 Å². The van der Waals surface area contributed by atoms with Crippen molar-refractivity contribution in [3.05, 3.63) is 59.6 Å². The zero-order valence-corrected chi connectivity index (χ0v) is 14.2. The number of aromatic nitrogens is 6. The Kier molecular flexibility index (Phi) is 3.88. The predicted molar refractivity (Wildman–Crippen MR) is 91.2 cm³/mol. The molecule has 4 heterocycles. The normalized spacial score (nSPS) is 11.0. The summed E-state index contributed by atoms with van der Waals surface area (Å²) in [4.78, 5) is 24.8. The van der Waals surface area contributed by atoms with Gasteiger partial charge in [0.15, 0.2) is 5.65 Å². The van der Waals surface area contributed by atoms with Crippen LogP contribution in [0, 0.1) is 13.8 Å². The molecule has 9 heteroatoms. The van der Waals surface area contributed by atoms with Gasteiger partial charge in [-0.25, -0.2) is 9.50 Å². The maximum Gasteiger partial charge on any atom is 0.316 e. The van der Waals surface area contributed by atoms with E-state index in [9.17, 15) is 4.79 Å². The van der Waals surface area contributed by atoms with E-state index in [0.717, 1.165) is 17.0 Å². The van der Waals surface area contributed by atoms with Crippen molar-refractivity contribution in [2.45, 2.75) is 20.4 Å². The van der Waals surface area contributed by atoms with Crippen molar-refractivity contribution in [2.24, 2.45) is 0 Å². The van der Waals surface area contributed by atoms with Crippen molar-refractivity contribution in [2.75, 3.05) is 0 Å². The number of fused-ring (bicyclic) bond motifs is 1. The smallest absolute Gasteiger partial charge is 0.316 e. The van der Waals surface area contributed by atoms with Crippen molar-refractivity contribution >= 4 is 11.6 Å². The van der Waals surface area contributed by atoms with Crippen LogP contribution >= 0.6 is 0 Å². The predicted octanol–water partition coefficient (Wildman–Crippen LogP) is 1.72. The van der Waals surface area contributed by atoms with E-state index in [0.29, 0.717) is 17.8 Å². The van der Waals surface area contributed by atoms with Gasteiger partial charge >= 0.3 is 11.8 Å². The molecule has 4 aromatic rings. The molecule has 0 fully saturated rings. The highest BCUT2D eigenvalue weighted by atomic mass is 16.5. The van der Waals surface area contributed by atoms with E-state index in [2.05, 4.69) is 30.5 Å². The molecular weight excluding hydrogens is 334 g/mol. The monoisotopic (exact) mass is 349 g/mol. The van der Waals surface area contributed by atoms with Crippen molar-refractivity contribution in [1.82, 2.24) is 35.0 Å². The summed E-state index contributed by atoms with van der Waals surface area (Å²) >= 11 is 0. The average molecular weight is 349 g/mol. The number of rotatable bonds is 4. The molecular formula is C17H15N7O2. The van der Waals surface area contributed by atoms with Gasteiger partial charge < -0.3 is 9.84 Å². The molecule has 0 aliphatic rings. The number of amides is 1. The van der Waals surface area contributed by atoms with Gasteiger partial charge in [0.2, 0.25) is 5.82 Å². The first-order valence-corrected chi connectivity index (χ1v) is 7.95. The zero-order chi connectivity index (χ0) is 18.1. The molecule has 0 saturated carbocycles. The standard InChI is InChI=1S/C17H15N7O2/c1-10-7-11(2)24-15(21-10)13(9-20-24)14-22-17(26-23-14)16(25)19-8-12-3-5-18-6-4-12/h3-7,9H,8H2,1-2H3,(H,19,25). The molecule has 130 valence electrons. The van der Waals surface area contributed by atoms with E-state index in [4.69, 9.17) is 4.52 Å². The van der Waals surface area contributed by atoms with E-state index in [1.807, 2.05) is 32.0 Å². The van der Waals surface area contributed by atoms with Crippen LogP contribution in [0.2, 0.25) is 0 Å². The summed E-state index contributed by atoms with van der Waals surface area (Å²) in [6.45, 7) is 4.18. The third kappa shape index (κ3) is 2.90. The zero-order valence-electron chi connectivity index (χ0n) is 14.2. The van der Waals surface area contributed by atoms with Crippen LogP contribution < -0.4 is 5.32 Å². The Morgan fingerprint density at radius 3 is 2.85 bits per heavy atom. The number of carbonyl (C=O) groups is 1. The van der Waals surface area contributed by atoms with Crippen LogP contribution in [-0.2, 0) is 6.54 Å². The molecule has 4 aromatic heterocycles. The SMILES string of the molecule is Cc1cc(C)n2ncc(-c3noc(C(=O)NCc4ccncc4)n3)c2n1. The second kappa shape index (κ2) is 6.36. The molecule has 9 nitrogen and oxygen atoms in total. The highest BCUT2D eigenvalue weighted by Gasteiger charge is 2.19. The van der Waals surface area contributed by atoms with Crippen LogP contribution in [-0.4, -0.2) is 35.6 Å².